The van der Waals surface area contributed by atoms with Gasteiger partial charge >= 0.3 is 0 Å². The molecule has 7 rings (SSSR count). The summed E-state index contributed by atoms with van der Waals surface area (Å²) in [5.74, 6) is 1.26. The Bertz CT molecular complexity index is 1480. The van der Waals surface area contributed by atoms with E-state index in [0.29, 0.717) is 17.0 Å². The van der Waals surface area contributed by atoms with Gasteiger partial charge in [0.1, 0.15) is 28.9 Å². The average Bonchev–Trinajstić information content (AvgIpc) is 3.28. The lowest BCUT2D eigenvalue weighted by Crippen LogP contribution is -2.55. The van der Waals surface area contributed by atoms with Gasteiger partial charge in [-0.1, -0.05) is 73.2 Å². The van der Waals surface area contributed by atoms with Crippen LogP contribution in [0.1, 0.15) is 42.7 Å². The fraction of sp³-hybridized carbons (Fsp3) is 0.355. The third-order valence-electron chi connectivity index (χ3n) is 8.61. The minimum Gasteiger partial charge on any atom is -0.489 e. The molecule has 3 aliphatic heterocycles. The number of ether oxygens (including phenoxy) is 1. The van der Waals surface area contributed by atoms with Crippen molar-refractivity contribution in [1.82, 2.24) is 0 Å². The smallest absolute Gasteiger partial charge is 0.146 e. The number of benzene rings is 3. The quantitative estimate of drug-likeness (QED) is 0.583. The standard InChI is InChI=1S/C31H31N3O3/c35-18-30(19-36)20-37-29-17-25-28(16-26(29)32-30)34-27(22-11-5-2-6-12-22)15-23(21-9-3-1-4-10-21)24-13-7-8-14-31(24,34)33-25/h1-6,9-12,15-17,23-24,35-36H,7-8,13-14,18-20H2. The van der Waals surface area contributed by atoms with Gasteiger partial charge < -0.3 is 19.8 Å². The molecule has 2 N–H and O–H groups in total. The van der Waals surface area contributed by atoms with E-state index in [1.165, 1.54) is 23.2 Å². The van der Waals surface area contributed by atoms with Crippen LogP contribution < -0.4 is 20.4 Å². The first-order valence-electron chi connectivity index (χ1n) is 13.3. The van der Waals surface area contributed by atoms with Crippen LogP contribution >= 0.6 is 0 Å². The van der Waals surface area contributed by atoms with Crippen LogP contribution in [-0.4, -0.2) is 41.2 Å². The molecule has 0 radical (unpaired) electrons. The van der Waals surface area contributed by atoms with Crippen molar-refractivity contribution in [3.05, 3.63) is 101 Å². The number of fused-ring (bicyclic) bond motifs is 3. The number of aliphatic hydroxyl groups excluding tert-OH is 2. The molecule has 188 valence electrons. The first-order valence-corrected chi connectivity index (χ1v) is 13.3. The highest BCUT2D eigenvalue weighted by atomic mass is 16.5. The van der Waals surface area contributed by atoms with Gasteiger partial charge in [-0.3, -0.25) is 9.98 Å². The highest BCUT2D eigenvalue weighted by molar-refractivity contribution is 5.84. The van der Waals surface area contributed by atoms with Gasteiger partial charge in [-0.15, -0.1) is 0 Å². The lowest BCUT2D eigenvalue weighted by atomic mass is 9.66. The van der Waals surface area contributed by atoms with E-state index in [9.17, 15) is 10.2 Å². The van der Waals surface area contributed by atoms with Gasteiger partial charge in [-0.25, -0.2) is 0 Å². The Morgan fingerprint density at radius 1 is 0.892 bits per heavy atom. The van der Waals surface area contributed by atoms with E-state index in [2.05, 4.69) is 71.6 Å². The van der Waals surface area contributed by atoms with Crippen LogP contribution in [0, 0.1) is 5.92 Å². The van der Waals surface area contributed by atoms with Gasteiger partial charge in [0, 0.05) is 23.6 Å². The molecule has 0 amide bonds. The molecule has 6 nitrogen and oxygen atoms in total. The van der Waals surface area contributed by atoms with Crippen LogP contribution in [0.2, 0.25) is 0 Å². The van der Waals surface area contributed by atoms with Crippen molar-refractivity contribution in [3.8, 4) is 5.75 Å². The Hall–Kier alpha value is -3.48. The molecule has 0 aromatic heterocycles. The lowest BCUT2D eigenvalue weighted by molar-refractivity contribution is 0.0684. The summed E-state index contributed by atoms with van der Waals surface area (Å²) in [6, 6.07) is 25.5. The van der Waals surface area contributed by atoms with Gasteiger partial charge in [0.25, 0.3) is 0 Å². The van der Waals surface area contributed by atoms with Gasteiger partial charge in [0.05, 0.1) is 24.3 Å². The van der Waals surface area contributed by atoms with Crippen LogP contribution in [0.25, 0.3) is 5.70 Å². The molecule has 3 heterocycles. The summed E-state index contributed by atoms with van der Waals surface area (Å²) in [6.45, 7) is -0.392. The first-order chi connectivity index (χ1) is 18.2. The molecular weight excluding hydrogens is 462 g/mol. The Morgan fingerprint density at radius 3 is 2.41 bits per heavy atom. The third-order valence-corrected chi connectivity index (χ3v) is 8.61. The van der Waals surface area contributed by atoms with Gasteiger partial charge in [0.2, 0.25) is 0 Å². The van der Waals surface area contributed by atoms with E-state index in [1.807, 2.05) is 12.1 Å². The zero-order chi connectivity index (χ0) is 25.0. The number of anilines is 1. The number of allylic oxidation sites excluding steroid dienone is 1. The van der Waals surface area contributed by atoms with E-state index >= 15 is 0 Å². The maximum absolute atomic E-state index is 9.96. The number of hydrogen-bond acceptors (Lipinski definition) is 6. The molecule has 3 aromatic carbocycles. The van der Waals surface area contributed by atoms with Crippen LogP contribution in [0.4, 0.5) is 5.69 Å². The third kappa shape index (κ3) is 3.39. The SMILES string of the molecule is OCC1(CO)COc2cc3c(cc2=N1)N1C(c2ccccc2)=CC(c2ccccc2)C2CCCCC21N=3. The van der Waals surface area contributed by atoms with E-state index in [4.69, 9.17) is 14.7 Å². The molecule has 0 saturated heterocycles. The minimum atomic E-state index is -1.03. The fourth-order valence-electron chi connectivity index (χ4n) is 6.78. The maximum Gasteiger partial charge on any atom is 0.146 e. The largest absolute Gasteiger partial charge is 0.489 e. The van der Waals surface area contributed by atoms with Crippen molar-refractivity contribution >= 4 is 11.4 Å². The van der Waals surface area contributed by atoms with Crippen LogP contribution in [0.15, 0.2) is 88.9 Å². The summed E-state index contributed by atoms with van der Waals surface area (Å²) in [7, 11) is 0. The van der Waals surface area contributed by atoms with Gasteiger partial charge in [-0.05, 0) is 36.5 Å². The van der Waals surface area contributed by atoms with Crippen molar-refractivity contribution in [1.29, 1.82) is 0 Å². The second-order valence-corrected chi connectivity index (χ2v) is 10.8. The van der Waals surface area contributed by atoms with E-state index in [-0.39, 0.29) is 31.4 Å². The van der Waals surface area contributed by atoms with Crippen molar-refractivity contribution in [2.45, 2.75) is 42.8 Å². The summed E-state index contributed by atoms with van der Waals surface area (Å²) >= 11 is 0. The van der Waals surface area contributed by atoms with Crippen LogP contribution in [0.3, 0.4) is 0 Å². The maximum atomic E-state index is 9.96. The zero-order valence-corrected chi connectivity index (χ0v) is 20.8. The van der Waals surface area contributed by atoms with Gasteiger partial charge in [0.15, 0.2) is 0 Å². The summed E-state index contributed by atoms with van der Waals surface area (Å²) < 4.78 is 6.03. The normalized spacial score (nSPS) is 26.9. The molecule has 0 bridgehead atoms. The Morgan fingerprint density at radius 2 is 1.65 bits per heavy atom. The minimum absolute atomic E-state index is 0.147. The zero-order valence-electron chi connectivity index (χ0n) is 20.8. The second-order valence-electron chi connectivity index (χ2n) is 10.8. The van der Waals surface area contributed by atoms with E-state index in [0.717, 1.165) is 30.3 Å². The monoisotopic (exact) mass is 493 g/mol. The number of aliphatic hydroxyl groups is 2. The average molecular weight is 494 g/mol. The van der Waals surface area contributed by atoms with Crippen molar-refractivity contribution in [2.24, 2.45) is 15.9 Å². The number of hydrogen-bond donors (Lipinski definition) is 2. The Kier molecular flexibility index (Phi) is 5.24. The Labute approximate surface area is 216 Å². The second kappa shape index (κ2) is 8.54. The fourth-order valence-corrected chi connectivity index (χ4v) is 6.78. The molecule has 6 heteroatoms. The number of rotatable bonds is 4. The van der Waals surface area contributed by atoms with E-state index < -0.39 is 5.54 Å². The highest BCUT2D eigenvalue weighted by Gasteiger charge is 2.55. The van der Waals surface area contributed by atoms with Crippen LogP contribution in [0.5, 0.6) is 5.75 Å². The van der Waals surface area contributed by atoms with Crippen molar-refractivity contribution in [3.63, 3.8) is 0 Å². The number of nitrogens with zero attached hydrogens (tertiary/aromatic N) is 3. The van der Waals surface area contributed by atoms with E-state index in [1.54, 1.807) is 0 Å². The first kappa shape index (κ1) is 22.7. The molecule has 4 aliphatic rings. The highest BCUT2D eigenvalue weighted by Crippen LogP contribution is 2.56. The molecule has 37 heavy (non-hydrogen) atoms. The topological polar surface area (TPSA) is 77.6 Å². The molecule has 1 aliphatic carbocycles. The molecule has 3 unspecified atom stereocenters. The Balaban J connectivity index is 1.48. The summed E-state index contributed by atoms with van der Waals surface area (Å²) in [6.07, 6.45) is 6.88. The molecule has 1 fully saturated rings. The summed E-state index contributed by atoms with van der Waals surface area (Å²) in [5, 5.41) is 21.5. The predicted octanol–water partition coefficient (Wildman–Crippen LogP) is 3.59. The molecular formula is C31H31N3O3. The van der Waals surface area contributed by atoms with Crippen molar-refractivity contribution in [2.75, 3.05) is 24.7 Å². The summed E-state index contributed by atoms with van der Waals surface area (Å²) in [4.78, 5) is 12.8. The predicted molar refractivity (Wildman–Crippen MR) is 142 cm³/mol. The molecule has 1 saturated carbocycles. The van der Waals surface area contributed by atoms with Crippen molar-refractivity contribution < 1.29 is 14.9 Å². The summed E-state index contributed by atoms with van der Waals surface area (Å²) in [5.41, 5.74) is 3.28. The lowest BCUT2D eigenvalue weighted by Gasteiger charge is -2.53. The van der Waals surface area contributed by atoms with Crippen LogP contribution in [-0.2, 0) is 0 Å². The molecule has 3 aromatic rings. The molecule has 3 atom stereocenters. The molecule has 1 spiro atoms. The van der Waals surface area contributed by atoms with Gasteiger partial charge in [-0.2, -0.15) is 0 Å².